The van der Waals surface area contributed by atoms with E-state index in [1.165, 1.54) is 18.5 Å². The molecule has 0 aliphatic heterocycles. The third-order valence-corrected chi connectivity index (χ3v) is 6.46. The van der Waals surface area contributed by atoms with Crippen molar-refractivity contribution in [1.29, 1.82) is 0 Å². The van der Waals surface area contributed by atoms with Gasteiger partial charge in [-0.15, -0.1) is 0 Å². The van der Waals surface area contributed by atoms with Crippen LogP contribution in [0.15, 0.2) is 41.0 Å². The molecule has 0 unspecified atom stereocenters. The molecule has 1 aliphatic carbocycles. The van der Waals surface area contributed by atoms with E-state index in [1.807, 2.05) is 13.0 Å². The lowest BCUT2D eigenvalue weighted by molar-refractivity contribution is -0.123. The Morgan fingerprint density at radius 1 is 1.18 bits per heavy atom. The first-order chi connectivity index (χ1) is 16.1. The van der Waals surface area contributed by atoms with E-state index in [4.69, 9.17) is 10.5 Å². The Balaban J connectivity index is 1.64. The summed E-state index contributed by atoms with van der Waals surface area (Å²) in [5, 5.41) is 4.04. The van der Waals surface area contributed by atoms with Gasteiger partial charge in [-0.3, -0.25) is 4.79 Å². The lowest BCUT2D eigenvalue weighted by Gasteiger charge is -2.28. The number of carbonyl (C=O) groups excluding carboxylic acids is 1. The molecule has 0 saturated heterocycles. The Morgan fingerprint density at radius 3 is 2.59 bits per heavy atom. The number of rotatable bonds is 6. The number of carbonyl (C=O) groups is 1. The van der Waals surface area contributed by atoms with Gasteiger partial charge in [0.25, 0.3) is 0 Å². The minimum atomic E-state index is -2.32. The van der Waals surface area contributed by atoms with Crippen molar-refractivity contribution >= 4 is 43.7 Å². The number of nitrogens with two attached hydrogens (primary N) is 1. The van der Waals surface area contributed by atoms with Gasteiger partial charge in [-0.1, -0.05) is 0 Å². The summed E-state index contributed by atoms with van der Waals surface area (Å²) in [5.74, 6) is 0.0792. The van der Waals surface area contributed by atoms with Crippen molar-refractivity contribution in [2.75, 3.05) is 17.8 Å². The molecule has 1 amide bonds. The number of hydrogen-bond acceptors (Lipinski definition) is 7. The van der Waals surface area contributed by atoms with E-state index in [2.05, 4.69) is 19.6 Å². The zero-order chi connectivity index (χ0) is 24.5. The largest absolute Gasteiger partial charge is 0.488 e. The van der Waals surface area contributed by atoms with Crippen LogP contribution in [0, 0.1) is 18.7 Å². The number of fused-ring (bicyclic) bond motifs is 1. The smallest absolute Gasteiger partial charge is 0.220 e. The second-order valence-electron chi connectivity index (χ2n) is 8.91. The lowest BCUT2D eigenvalue weighted by atomic mass is 9.87. The summed E-state index contributed by atoms with van der Waals surface area (Å²) in [5.41, 5.74) is 8.08. The van der Waals surface area contributed by atoms with Gasteiger partial charge >= 0.3 is 0 Å². The third-order valence-electron chi connectivity index (χ3n) is 5.81. The average molecular weight is 486 g/mol. The van der Waals surface area contributed by atoms with E-state index in [-0.39, 0.29) is 17.9 Å². The van der Waals surface area contributed by atoms with E-state index in [9.17, 15) is 13.4 Å². The average Bonchev–Trinajstić information content (AvgIpc) is 2.74. The summed E-state index contributed by atoms with van der Waals surface area (Å²) in [6.07, 6.45) is 7.10. The maximum atomic E-state index is 14.1. The first-order valence-corrected chi connectivity index (χ1v) is 13.4. The molecule has 1 heterocycles. The van der Waals surface area contributed by atoms with E-state index in [0.717, 1.165) is 10.9 Å². The van der Waals surface area contributed by atoms with Gasteiger partial charge < -0.3 is 15.8 Å². The van der Waals surface area contributed by atoms with Gasteiger partial charge in [-0.2, -0.15) is 4.36 Å². The number of nitrogens with zero attached hydrogens (tertiary/aromatic N) is 3. The molecule has 8 nitrogen and oxygen atoms in total. The lowest BCUT2D eigenvalue weighted by Crippen LogP contribution is -2.31. The van der Waals surface area contributed by atoms with Crippen LogP contribution in [0.3, 0.4) is 0 Å². The van der Waals surface area contributed by atoms with Crippen LogP contribution in [-0.4, -0.2) is 38.7 Å². The third kappa shape index (κ3) is 5.61. The Hall–Kier alpha value is -3.27. The highest BCUT2D eigenvalue weighted by atomic mass is 32.2. The number of primary amides is 1. The van der Waals surface area contributed by atoms with Gasteiger partial charge in [-0.25, -0.2) is 18.6 Å². The first kappa shape index (κ1) is 23.9. The highest BCUT2D eigenvalue weighted by Gasteiger charge is 2.26. The van der Waals surface area contributed by atoms with Crippen LogP contribution in [0.25, 0.3) is 10.9 Å². The highest BCUT2D eigenvalue weighted by Crippen LogP contribution is 2.36. The molecule has 10 heteroatoms. The Labute approximate surface area is 198 Å². The standard InChI is InChI=1S/C24H28FN5O3S/c1-14-10-17(30-34(2,3)32)12-20-22(14)24(28-13-27-20)29-19-9-6-16(25)11-21(19)33-18-7-4-15(5-8-18)23(26)31/h6,9-13,15,18H,4-5,7-8H2,1-3H3,(H2,26,31)(H,27,28,29). The van der Waals surface area contributed by atoms with Crippen LogP contribution < -0.4 is 15.8 Å². The molecular formula is C24H28FN5O3S. The minimum absolute atomic E-state index is 0.134. The molecule has 0 spiro atoms. The summed E-state index contributed by atoms with van der Waals surface area (Å²) in [4.78, 5) is 20.2. The molecule has 4 rings (SSSR count). The maximum absolute atomic E-state index is 14.1. The molecule has 3 N–H and O–H groups in total. The molecule has 1 fully saturated rings. The molecule has 1 saturated carbocycles. The first-order valence-electron chi connectivity index (χ1n) is 11.0. The molecule has 1 aromatic heterocycles. The van der Waals surface area contributed by atoms with Crippen molar-refractivity contribution < 1.29 is 18.1 Å². The van der Waals surface area contributed by atoms with Crippen molar-refractivity contribution in [2.24, 2.45) is 16.0 Å². The summed E-state index contributed by atoms with van der Waals surface area (Å²) in [7, 11) is -2.32. The predicted octanol–water partition coefficient (Wildman–Crippen LogP) is 4.60. The van der Waals surface area contributed by atoms with Crippen LogP contribution in [-0.2, 0) is 14.5 Å². The van der Waals surface area contributed by atoms with Crippen molar-refractivity contribution in [3.05, 3.63) is 48.0 Å². The molecule has 0 bridgehead atoms. The van der Waals surface area contributed by atoms with Crippen LogP contribution in [0.5, 0.6) is 5.75 Å². The van der Waals surface area contributed by atoms with Gasteiger partial charge in [-0.05, 0) is 62.4 Å². The zero-order valence-corrected chi connectivity index (χ0v) is 20.2. The number of benzene rings is 2. The Morgan fingerprint density at radius 2 is 1.91 bits per heavy atom. The molecule has 180 valence electrons. The Kier molecular flexibility index (Phi) is 6.70. The normalized spacial score (nSPS) is 18.5. The summed E-state index contributed by atoms with van der Waals surface area (Å²) >= 11 is 0. The summed E-state index contributed by atoms with van der Waals surface area (Å²) < 4.78 is 36.6. The summed E-state index contributed by atoms with van der Waals surface area (Å²) in [6.45, 7) is 1.91. The molecule has 0 radical (unpaired) electrons. The minimum Gasteiger partial charge on any atom is -0.488 e. The van der Waals surface area contributed by atoms with Gasteiger partial charge in [0, 0.05) is 39.6 Å². The Bertz CT molecular complexity index is 1350. The quantitative estimate of drug-likeness (QED) is 0.526. The SMILES string of the molecule is Cc1cc(N=S(C)(C)=O)cc2ncnc(Nc3ccc(F)cc3OC3CCC(C(N)=O)CC3)c12. The number of halogens is 1. The molecular weight excluding hydrogens is 457 g/mol. The van der Waals surface area contributed by atoms with Gasteiger partial charge in [0.2, 0.25) is 5.91 Å². The second kappa shape index (κ2) is 9.54. The monoisotopic (exact) mass is 485 g/mol. The predicted molar refractivity (Wildman–Crippen MR) is 132 cm³/mol. The topological polar surface area (TPSA) is 120 Å². The molecule has 1 aliphatic rings. The van der Waals surface area contributed by atoms with Gasteiger partial charge in [0.1, 0.15) is 23.7 Å². The zero-order valence-electron chi connectivity index (χ0n) is 19.4. The number of anilines is 2. The fourth-order valence-electron chi connectivity index (χ4n) is 4.24. The molecule has 3 aromatic rings. The number of nitrogens with one attached hydrogen (secondary N) is 1. The van der Waals surface area contributed by atoms with Crippen LogP contribution in [0.1, 0.15) is 31.2 Å². The molecule has 34 heavy (non-hydrogen) atoms. The highest BCUT2D eigenvalue weighted by molar-refractivity contribution is 7.92. The van der Waals surface area contributed by atoms with Crippen molar-refractivity contribution in [3.63, 3.8) is 0 Å². The number of aryl methyl sites for hydroxylation is 1. The van der Waals surface area contributed by atoms with Crippen molar-refractivity contribution in [2.45, 2.75) is 38.7 Å². The number of hydrogen-bond donors (Lipinski definition) is 2. The van der Waals surface area contributed by atoms with Crippen molar-refractivity contribution in [3.8, 4) is 5.75 Å². The number of aromatic nitrogens is 2. The van der Waals surface area contributed by atoms with E-state index in [1.54, 1.807) is 24.6 Å². The fraction of sp³-hybridized carbons (Fsp3) is 0.375. The fourth-order valence-corrected chi connectivity index (χ4v) is 4.86. The summed E-state index contributed by atoms with van der Waals surface area (Å²) in [6, 6.07) is 7.90. The van der Waals surface area contributed by atoms with Gasteiger partial charge in [0.15, 0.2) is 0 Å². The maximum Gasteiger partial charge on any atom is 0.220 e. The van der Waals surface area contributed by atoms with E-state index >= 15 is 0 Å². The number of amides is 1. The van der Waals surface area contributed by atoms with Crippen LogP contribution >= 0.6 is 0 Å². The second-order valence-corrected chi connectivity index (χ2v) is 11.5. The van der Waals surface area contributed by atoms with Crippen molar-refractivity contribution in [1.82, 2.24) is 9.97 Å². The molecule has 0 atom stereocenters. The van der Waals surface area contributed by atoms with Crippen LogP contribution in [0.4, 0.5) is 21.6 Å². The number of ether oxygens (including phenoxy) is 1. The van der Waals surface area contributed by atoms with E-state index < -0.39 is 15.5 Å². The van der Waals surface area contributed by atoms with E-state index in [0.29, 0.717) is 54.1 Å². The van der Waals surface area contributed by atoms with Gasteiger partial charge in [0.05, 0.1) is 23.0 Å². The van der Waals surface area contributed by atoms with Crippen LogP contribution in [0.2, 0.25) is 0 Å². The molecule has 2 aromatic carbocycles.